The van der Waals surface area contributed by atoms with E-state index < -0.39 is 0 Å². The molecule has 0 amide bonds. The summed E-state index contributed by atoms with van der Waals surface area (Å²) < 4.78 is 5.35. The molecule has 14 heavy (non-hydrogen) atoms. The van der Waals surface area contributed by atoms with E-state index in [1.54, 1.807) is 7.11 Å². The number of rotatable bonds is 8. The van der Waals surface area contributed by atoms with Gasteiger partial charge in [0.25, 0.3) is 0 Å². The second-order valence-electron chi connectivity index (χ2n) is 3.79. The molecule has 0 bridgehead atoms. The Hall–Kier alpha value is -0.630. The van der Waals surface area contributed by atoms with Crippen molar-refractivity contribution in [1.29, 1.82) is 0 Å². The lowest BCUT2D eigenvalue weighted by molar-refractivity contribution is -0.104. The molecule has 0 aliphatic carbocycles. The van der Waals surface area contributed by atoms with Crippen LogP contribution < -0.4 is 0 Å². The molecule has 2 heteroatoms. The van der Waals surface area contributed by atoms with E-state index in [0.717, 1.165) is 19.1 Å². The lowest BCUT2D eigenvalue weighted by atomic mass is 9.97. The molecule has 2 unspecified atom stereocenters. The van der Waals surface area contributed by atoms with Crippen molar-refractivity contribution < 1.29 is 9.53 Å². The van der Waals surface area contributed by atoms with Crippen molar-refractivity contribution in [2.75, 3.05) is 7.11 Å². The summed E-state index contributed by atoms with van der Waals surface area (Å²) >= 11 is 0. The largest absolute Gasteiger partial charge is 0.381 e. The Balaban J connectivity index is 3.77. The van der Waals surface area contributed by atoms with E-state index in [-0.39, 0.29) is 6.10 Å². The molecule has 82 valence electrons. The fourth-order valence-corrected chi connectivity index (χ4v) is 1.63. The van der Waals surface area contributed by atoms with Gasteiger partial charge in [-0.2, -0.15) is 0 Å². The molecular weight excluding hydrogens is 176 g/mol. The Bertz CT molecular complexity index is 164. The van der Waals surface area contributed by atoms with E-state index >= 15 is 0 Å². The van der Waals surface area contributed by atoms with Crippen LogP contribution in [-0.2, 0) is 9.53 Å². The third-order valence-electron chi connectivity index (χ3n) is 2.39. The van der Waals surface area contributed by atoms with Gasteiger partial charge in [0.15, 0.2) is 0 Å². The molecule has 0 aliphatic rings. The van der Waals surface area contributed by atoms with Crippen molar-refractivity contribution in [3.05, 3.63) is 12.2 Å². The second-order valence-corrected chi connectivity index (χ2v) is 3.79. The van der Waals surface area contributed by atoms with Crippen molar-refractivity contribution in [3.8, 4) is 0 Å². The van der Waals surface area contributed by atoms with Gasteiger partial charge in [0.2, 0.25) is 0 Å². The monoisotopic (exact) mass is 198 g/mol. The van der Waals surface area contributed by atoms with Crippen molar-refractivity contribution in [2.45, 2.75) is 45.6 Å². The summed E-state index contributed by atoms with van der Waals surface area (Å²) in [4.78, 5) is 10.1. The van der Waals surface area contributed by atoms with E-state index in [2.05, 4.69) is 13.8 Å². The standard InChI is InChI=1S/C12H22O2/c1-4-7-11(2)10-12(14-3)8-5-6-9-13/h5-6,9,11-12H,4,7-8,10H2,1-3H3. The Labute approximate surface area is 87.3 Å². The van der Waals surface area contributed by atoms with E-state index in [0.29, 0.717) is 5.92 Å². The predicted molar refractivity (Wildman–Crippen MR) is 59.3 cm³/mol. The Morgan fingerprint density at radius 1 is 1.43 bits per heavy atom. The van der Waals surface area contributed by atoms with Crippen LogP contribution in [0.4, 0.5) is 0 Å². The van der Waals surface area contributed by atoms with Gasteiger partial charge in [0.1, 0.15) is 6.29 Å². The minimum absolute atomic E-state index is 0.257. The number of carbonyl (C=O) groups excluding carboxylic acids is 1. The molecule has 0 radical (unpaired) electrons. The Morgan fingerprint density at radius 2 is 2.14 bits per heavy atom. The molecule has 2 atom stereocenters. The molecular formula is C12H22O2. The molecule has 0 aromatic rings. The quantitative estimate of drug-likeness (QED) is 0.443. The van der Waals surface area contributed by atoms with Crippen molar-refractivity contribution >= 4 is 6.29 Å². The molecule has 0 saturated heterocycles. The number of carbonyl (C=O) groups is 1. The van der Waals surface area contributed by atoms with Gasteiger partial charge < -0.3 is 4.74 Å². The number of methoxy groups -OCH3 is 1. The van der Waals surface area contributed by atoms with Crippen LogP contribution in [0, 0.1) is 5.92 Å². The molecule has 0 fully saturated rings. The lowest BCUT2D eigenvalue weighted by Crippen LogP contribution is -2.13. The normalized spacial score (nSPS) is 15.6. The van der Waals surface area contributed by atoms with E-state index in [1.807, 2.05) is 6.08 Å². The first-order valence-corrected chi connectivity index (χ1v) is 5.37. The van der Waals surface area contributed by atoms with Gasteiger partial charge in [0, 0.05) is 7.11 Å². The predicted octanol–water partition coefficient (Wildman–Crippen LogP) is 2.97. The lowest BCUT2D eigenvalue weighted by Gasteiger charge is -2.17. The molecule has 0 N–H and O–H groups in total. The highest BCUT2D eigenvalue weighted by molar-refractivity contribution is 5.64. The molecule has 2 nitrogen and oxygen atoms in total. The molecule has 0 aromatic heterocycles. The van der Waals surface area contributed by atoms with Crippen LogP contribution in [0.1, 0.15) is 39.5 Å². The minimum atomic E-state index is 0.257. The van der Waals surface area contributed by atoms with Crippen LogP contribution in [0.5, 0.6) is 0 Å². The number of hydrogen-bond donors (Lipinski definition) is 0. The topological polar surface area (TPSA) is 26.3 Å². The summed E-state index contributed by atoms with van der Waals surface area (Å²) in [5, 5.41) is 0. The highest BCUT2D eigenvalue weighted by Crippen LogP contribution is 2.16. The van der Waals surface area contributed by atoms with E-state index in [1.165, 1.54) is 18.9 Å². The Morgan fingerprint density at radius 3 is 2.64 bits per heavy atom. The zero-order valence-electron chi connectivity index (χ0n) is 9.53. The summed E-state index contributed by atoms with van der Waals surface area (Å²) in [6.07, 6.45) is 8.86. The second kappa shape index (κ2) is 8.95. The van der Waals surface area contributed by atoms with Crippen molar-refractivity contribution in [1.82, 2.24) is 0 Å². The summed E-state index contributed by atoms with van der Waals surface area (Å²) in [7, 11) is 1.73. The van der Waals surface area contributed by atoms with Crippen LogP contribution in [-0.4, -0.2) is 19.5 Å². The molecule has 0 spiro atoms. The molecule has 0 aromatic carbocycles. The first kappa shape index (κ1) is 13.4. The maximum atomic E-state index is 10.1. The molecule has 0 heterocycles. The summed E-state index contributed by atoms with van der Waals surface area (Å²) in [5.41, 5.74) is 0. The molecule has 0 saturated carbocycles. The fourth-order valence-electron chi connectivity index (χ4n) is 1.63. The third-order valence-corrected chi connectivity index (χ3v) is 2.39. The van der Waals surface area contributed by atoms with Crippen LogP contribution in [0.15, 0.2) is 12.2 Å². The summed E-state index contributed by atoms with van der Waals surface area (Å²) in [6, 6.07) is 0. The van der Waals surface area contributed by atoms with Gasteiger partial charge >= 0.3 is 0 Å². The average molecular weight is 198 g/mol. The van der Waals surface area contributed by atoms with Crippen molar-refractivity contribution in [2.24, 2.45) is 5.92 Å². The maximum Gasteiger partial charge on any atom is 0.142 e. The highest BCUT2D eigenvalue weighted by Gasteiger charge is 2.10. The first-order chi connectivity index (χ1) is 6.74. The SMILES string of the molecule is CCCC(C)CC(CC=CC=O)OC. The van der Waals surface area contributed by atoms with Gasteiger partial charge in [-0.25, -0.2) is 0 Å². The zero-order chi connectivity index (χ0) is 10.8. The summed E-state index contributed by atoms with van der Waals surface area (Å²) in [5.74, 6) is 0.703. The fraction of sp³-hybridized carbons (Fsp3) is 0.750. The first-order valence-electron chi connectivity index (χ1n) is 5.37. The van der Waals surface area contributed by atoms with Crippen LogP contribution in [0.3, 0.4) is 0 Å². The van der Waals surface area contributed by atoms with Crippen LogP contribution in [0.25, 0.3) is 0 Å². The van der Waals surface area contributed by atoms with Crippen LogP contribution >= 0.6 is 0 Å². The number of hydrogen-bond acceptors (Lipinski definition) is 2. The average Bonchev–Trinajstić information content (AvgIpc) is 2.17. The molecule has 0 aliphatic heterocycles. The van der Waals surface area contributed by atoms with Gasteiger partial charge in [-0.05, 0) is 24.8 Å². The third kappa shape index (κ3) is 6.84. The minimum Gasteiger partial charge on any atom is -0.381 e. The number of ether oxygens (including phenoxy) is 1. The molecule has 0 rings (SSSR count). The van der Waals surface area contributed by atoms with Gasteiger partial charge in [-0.15, -0.1) is 0 Å². The Kier molecular flexibility index (Phi) is 8.54. The van der Waals surface area contributed by atoms with Gasteiger partial charge in [-0.1, -0.05) is 32.8 Å². The van der Waals surface area contributed by atoms with Gasteiger partial charge in [-0.3, -0.25) is 4.79 Å². The maximum absolute atomic E-state index is 10.1. The van der Waals surface area contributed by atoms with Crippen molar-refractivity contribution in [3.63, 3.8) is 0 Å². The van der Waals surface area contributed by atoms with E-state index in [4.69, 9.17) is 4.74 Å². The van der Waals surface area contributed by atoms with E-state index in [9.17, 15) is 4.79 Å². The summed E-state index contributed by atoms with van der Waals surface area (Å²) in [6.45, 7) is 4.45. The highest BCUT2D eigenvalue weighted by atomic mass is 16.5. The zero-order valence-corrected chi connectivity index (χ0v) is 9.53. The van der Waals surface area contributed by atoms with Gasteiger partial charge in [0.05, 0.1) is 6.10 Å². The van der Waals surface area contributed by atoms with Crippen LogP contribution in [0.2, 0.25) is 0 Å². The number of aldehydes is 1. The number of allylic oxidation sites excluding steroid dienone is 1. The smallest absolute Gasteiger partial charge is 0.142 e.